The molecule has 3 nitrogen and oxygen atoms in total. The van der Waals surface area contributed by atoms with Gasteiger partial charge in [0, 0.05) is 19.3 Å². The largest absolute Gasteiger partial charge is 0.285 e. The highest BCUT2D eigenvalue weighted by Gasteiger charge is 2.04. The van der Waals surface area contributed by atoms with Crippen molar-refractivity contribution in [1.82, 2.24) is 4.90 Å². The molecule has 0 saturated carbocycles. The van der Waals surface area contributed by atoms with Crippen LogP contribution < -0.4 is 0 Å². The van der Waals surface area contributed by atoms with E-state index in [1.165, 1.54) is 6.92 Å². The third kappa shape index (κ3) is 3.45. The van der Waals surface area contributed by atoms with Crippen LogP contribution in [0.15, 0.2) is 0 Å². The van der Waals surface area contributed by atoms with Crippen LogP contribution in [0.25, 0.3) is 0 Å². The van der Waals surface area contributed by atoms with Crippen LogP contribution in [-0.2, 0) is 9.59 Å². The van der Waals surface area contributed by atoms with Gasteiger partial charge < -0.3 is 0 Å². The summed E-state index contributed by atoms with van der Waals surface area (Å²) in [5.74, 6) is 0.234. The van der Waals surface area contributed by atoms with E-state index in [4.69, 9.17) is 11.6 Å². The second-order valence-corrected chi connectivity index (χ2v) is 2.24. The van der Waals surface area contributed by atoms with Gasteiger partial charge in [0.05, 0.1) is 0 Å². The Bertz CT molecular complexity index is 127. The van der Waals surface area contributed by atoms with E-state index >= 15 is 0 Å². The van der Waals surface area contributed by atoms with Crippen molar-refractivity contribution in [3.63, 3.8) is 0 Å². The van der Waals surface area contributed by atoms with Crippen LogP contribution in [0.5, 0.6) is 0 Å². The molecule has 0 radical (unpaired) electrons. The van der Waals surface area contributed by atoms with Crippen LogP contribution in [0, 0.1) is 0 Å². The van der Waals surface area contributed by atoms with E-state index in [-0.39, 0.29) is 5.91 Å². The zero-order valence-corrected chi connectivity index (χ0v) is 6.60. The van der Waals surface area contributed by atoms with Gasteiger partial charge >= 0.3 is 0 Å². The minimum atomic E-state index is -0.236. The molecule has 58 valence electrons. The highest BCUT2D eigenvalue weighted by Crippen LogP contribution is 1.90. The summed E-state index contributed by atoms with van der Waals surface area (Å²) in [6, 6.07) is 0. The molecule has 0 fully saturated rings. The summed E-state index contributed by atoms with van der Waals surface area (Å²) in [6.45, 7) is 1.77. The molecule has 10 heavy (non-hydrogen) atoms. The highest BCUT2D eigenvalue weighted by atomic mass is 35.5. The Labute approximate surface area is 65.0 Å². The Morgan fingerprint density at radius 3 is 2.60 bits per heavy atom. The van der Waals surface area contributed by atoms with Crippen LogP contribution in [-0.4, -0.2) is 29.6 Å². The number of alkyl halides is 1. The second-order valence-electron chi connectivity index (χ2n) is 1.86. The van der Waals surface area contributed by atoms with Crippen molar-refractivity contribution in [3.05, 3.63) is 0 Å². The van der Waals surface area contributed by atoms with Crippen LogP contribution in [0.4, 0.5) is 0 Å². The van der Waals surface area contributed by atoms with Crippen molar-refractivity contribution in [2.75, 3.05) is 12.4 Å². The minimum absolute atomic E-state index is 0.236. The molecule has 0 aromatic heterocycles. The lowest BCUT2D eigenvalue weighted by molar-refractivity contribution is -0.136. The lowest BCUT2D eigenvalue weighted by atomic mass is 10.4. The third-order valence-electron chi connectivity index (χ3n) is 1.06. The molecule has 0 rings (SSSR count). The first-order chi connectivity index (χ1) is 4.72. The Balaban J connectivity index is 3.60. The van der Waals surface area contributed by atoms with Gasteiger partial charge in [-0.3, -0.25) is 14.5 Å². The van der Waals surface area contributed by atoms with Crippen molar-refractivity contribution in [3.8, 4) is 0 Å². The highest BCUT2D eigenvalue weighted by molar-refractivity contribution is 6.17. The monoisotopic (exact) mass is 163 g/mol. The molecule has 0 unspecified atom stereocenters. The molecule has 0 N–H and O–H groups in total. The molecule has 0 aromatic rings. The summed E-state index contributed by atoms with van der Waals surface area (Å²) in [5.41, 5.74) is 0. The van der Waals surface area contributed by atoms with Gasteiger partial charge in [-0.2, -0.15) is 0 Å². The lowest BCUT2D eigenvalue weighted by Gasteiger charge is -2.10. The molecule has 2 amide bonds. The molecule has 0 saturated heterocycles. The van der Waals surface area contributed by atoms with Crippen molar-refractivity contribution in [1.29, 1.82) is 0 Å². The Kier molecular flexibility index (Phi) is 4.94. The van der Waals surface area contributed by atoms with Crippen LogP contribution in [0.1, 0.15) is 13.3 Å². The average Bonchev–Trinajstić information content (AvgIpc) is 1.89. The number of nitrogens with zero attached hydrogens (tertiary/aromatic N) is 1. The maximum Gasteiger partial charge on any atom is 0.225 e. The van der Waals surface area contributed by atoms with Gasteiger partial charge in [0.1, 0.15) is 0 Å². The number of hydrogen-bond donors (Lipinski definition) is 0. The zero-order chi connectivity index (χ0) is 7.98. The number of amides is 2. The molecular weight excluding hydrogens is 154 g/mol. The van der Waals surface area contributed by atoms with Gasteiger partial charge in [-0.05, 0) is 6.42 Å². The molecule has 0 aliphatic carbocycles. The molecule has 0 aliphatic heterocycles. The van der Waals surface area contributed by atoms with E-state index in [9.17, 15) is 9.59 Å². The molecule has 4 heteroatoms. The quantitative estimate of drug-likeness (QED) is 0.450. The molecule has 0 spiro atoms. The van der Waals surface area contributed by atoms with Crippen molar-refractivity contribution >= 4 is 23.9 Å². The summed E-state index contributed by atoms with van der Waals surface area (Å²) in [6.07, 6.45) is 1.18. The van der Waals surface area contributed by atoms with Crippen molar-refractivity contribution in [2.24, 2.45) is 0 Å². The summed E-state index contributed by atoms with van der Waals surface area (Å²) < 4.78 is 0. The average molecular weight is 164 g/mol. The minimum Gasteiger partial charge on any atom is -0.285 e. The molecule has 0 bridgehead atoms. The van der Waals surface area contributed by atoms with E-state index in [0.717, 1.165) is 4.90 Å². The molecule has 0 heterocycles. The number of carbonyl (C=O) groups is 2. The van der Waals surface area contributed by atoms with Gasteiger partial charge in [0.25, 0.3) is 0 Å². The van der Waals surface area contributed by atoms with Crippen LogP contribution in [0.2, 0.25) is 0 Å². The van der Waals surface area contributed by atoms with Gasteiger partial charge in [0.2, 0.25) is 12.3 Å². The SMILES string of the molecule is CC(=O)N(C=O)CCCCl. The fourth-order valence-corrected chi connectivity index (χ4v) is 0.634. The molecule has 0 aliphatic rings. The number of hydrogen-bond acceptors (Lipinski definition) is 2. The first-order valence-corrected chi connectivity index (χ1v) is 3.54. The number of carbonyl (C=O) groups excluding carboxylic acids is 2. The van der Waals surface area contributed by atoms with Crippen molar-refractivity contribution < 1.29 is 9.59 Å². The van der Waals surface area contributed by atoms with Gasteiger partial charge in [-0.15, -0.1) is 11.6 Å². The molecule has 0 aromatic carbocycles. The topological polar surface area (TPSA) is 37.4 Å². The maximum atomic E-state index is 10.5. The third-order valence-corrected chi connectivity index (χ3v) is 1.33. The smallest absolute Gasteiger partial charge is 0.225 e. The van der Waals surface area contributed by atoms with E-state index in [1.807, 2.05) is 0 Å². The maximum absolute atomic E-state index is 10.5. The second kappa shape index (κ2) is 5.23. The van der Waals surface area contributed by atoms with E-state index in [2.05, 4.69) is 0 Å². The van der Waals surface area contributed by atoms with Gasteiger partial charge in [0.15, 0.2) is 0 Å². The molecular formula is C6H10ClNO2. The standard InChI is InChI=1S/C6H10ClNO2/c1-6(10)8(5-9)4-2-3-7/h5H,2-4H2,1H3. The van der Waals surface area contributed by atoms with E-state index in [1.54, 1.807) is 0 Å². The van der Waals surface area contributed by atoms with Gasteiger partial charge in [-0.1, -0.05) is 0 Å². The van der Waals surface area contributed by atoms with Gasteiger partial charge in [-0.25, -0.2) is 0 Å². The summed E-state index contributed by atoms with van der Waals surface area (Å²) in [5, 5.41) is 0. The predicted octanol–water partition coefficient (Wildman–Crippen LogP) is 0.620. The van der Waals surface area contributed by atoms with E-state index in [0.29, 0.717) is 25.3 Å². The van der Waals surface area contributed by atoms with Crippen molar-refractivity contribution in [2.45, 2.75) is 13.3 Å². The summed E-state index contributed by atoms with van der Waals surface area (Å²) >= 11 is 5.35. The number of halogens is 1. The Hall–Kier alpha value is -0.570. The predicted molar refractivity (Wildman–Crippen MR) is 38.8 cm³/mol. The number of imide groups is 1. The summed E-state index contributed by atoms with van der Waals surface area (Å²) in [7, 11) is 0. The Morgan fingerprint density at radius 2 is 2.30 bits per heavy atom. The fraction of sp³-hybridized carbons (Fsp3) is 0.667. The van der Waals surface area contributed by atoms with Crippen LogP contribution in [0.3, 0.4) is 0 Å². The van der Waals surface area contributed by atoms with Crippen LogP contribution >= 0.6 is 11.6 Å². The number of rotatable bonds is 4. The normalized spacial score (nSPS) is 9.00. The lowest BCUT2D eigenvalue weighted by Crippen LogP contribution is -2.28. The first kappa shape index (κ1) is 9.43. The summed E-state index contributed by atoms with van der Waals surface area (Å²) in [4.78, 5) is 21.7. The fourth-order valence-electron chi connectivity index (χ4n) is 0.514. The van der Waals surface area contributed by atoms with E-state index < -0.39 is 0 Å². The Morgan fingerprint density at radius 1 is 1.70 bits per heavy atom. The molecule has 0 atom stereocenters. The zero-order valence-electron chi connectivity index (χ0n) is 5.84. The first-order valence-electron chi connectivity index (χ1n) is 3.01.